The Morgan fingerprint density at radius 1 is 1.14 bits per heavy atom. The van der Waals surface area contributed by atoms with Gasteiger partial charge in [-0.05, 0) is 25.0 Å². The van der Waals surface area contributed by atoms with E-state index in [0.29, 0.717) is 6.42 Å². The van der Waals surface area contributed by atoms with Crippen LogP contribution < -0.4 is 4.90 Å². The lowest BCUT2D eigenvalue weighted by Crippen LogP contribution is -2.32. The summed E-state index contributed by atoms with van der Waals surface area (Å²) >= 11 is 0. The van der Waals surface area contributed by atoms with Crippen LogP contribution in [0, 0.1) is 12.8 Å². The summed E-state index contributed by atoms with van der Waals surface area (Å²) in [5.41, 5.74) is 2.23. The maximum absolute atomic E-state index is 12.4. The highest BCUT2D eigenvalue weighted by Gasteiger charge is 2.40. The Hall–Kier alpha value is -2.56. The molecule has 1 aliphatic rings. The van der Waals surface area contributed by atoms with E-state index in [4.69, 9.17) is 0 Å². The minimum atomic E-state index is -0.330. The molecule has 5 nitrogen and oxygen atoms in total. The molecule has 0 radical (unpaired) electrons. The quantitative estimate of drug-likeness (QED) is 0.806. The van der Waals surface area contributed by atoms with Crippen molar-refractivity contribution in [1.29, 1.82) is 0 Å². The molecule has 0 aliphatic carbocycles. The van der Waals surface area contributed by atoms with E-state index in [9.17, 15) is 9.59 Å². The second-order valence-electron chi connectivity index (χ2n) is 5.21. The van der Waals surface area contributed by atoms with Crippen LogP contribution in [0.1, 0.15) is 17.5 Å². The van der Waals surface area contributed by atoms with Crippen molar-refractivity contribution in [3.8, 4) is 0 Å². The van der Waals surface area contributed by atoms with Crippen LogP contribution in [-0.2, 0) is 16.0 Å². The van der Waals surface area contributed by atoms with Crippen molar-refractivity contribution in [2.75, 3.05) is 4.90 Å². The van der Waals surface area contributed by atoms with Gasteiger partial charge < -0.3 is 0 Å². The minimum absolute atomic E-state index is 0.166. The third-order valence-electron chi connectivity index (χ3n) is 3.59. The number of aryl methyl sites for hydroxylation is 1. The van der Waals surface area contributed by atoms with E-state index in [1.807, 2.05) is 31.2 Å². The Kier molecular flexibility index (Phi) is 3.48. The molecule has 2 amide bonds. The highest BCUT2D eigenvalue weighted by molar-refractivity contribution is 6.19. The topological polar surface area (TPSA) is 63.2 Å². The van der Waals surface area contributed by atoms with Crippen molar-refractivity contribution < 1.29 is 9.59 Å². The normalized spacial score (nSPS) is 18.3. The fourth-order valence-corrected chi connectivity index (χ4v) is 2.48. The second kappa shape index (κ2) is 5.44. The van der Waals surface area contributed by atoms with E-state index in [-0.39, 0.29) is 30.1 Å². The molecule has 5 heteroatoms. The number of imide groups is 1. The van der Waals surface area contributed by atoms with Crippen molar-refractivity contribution in [2.24, 2.45) is 5.92 Å². The Morgan fingerprint density at radius 2 is 1.81 bits per heavy atom. The van der Waals surface area contributed by atoms with Crippen LogP contribution in [0.3, 0.4) is 0 Å². The summed E-state index contributed by atoms with van der Waals surface area (Å²) < 4.78 is 0. The molecule has 0 unspecified atom stereocenters. The van der Waals surface area contributed by atoms with Crippen molar-refractivity contribution in [2.45, 2.75) is 19.8 Å². The van der Waals surface area contributed by atoms with Gasteiger partial charge in [-0.2, -0.15) is 0 Å². The molecule has 0 spiro atoms. The van der Waals surface area contributed by atoms with E-state index in [1.54, 1.807) is 6.07 Å². The van der Waals surface area contributed by atoms with Crippen LogP contribution in [0.15, 0.2) is 42.7 Å². The Labute approximate surface area is 122 Å². The molecule has 3 rings (SSSR count). The van der Waals surface area contributed by atoms with Gasteiger partial charge in [0.05, 0.1) is 5.92 Å². The molecule has 1 aliphatic heterocycles. The van der Waals surface area contributed by atoms with Crippen LogP contribution in [-0.4, -0.2) is 21.8 Å². The number of benzene rings is 1. The lowest BCUT2D eigenvalue weighted by Gasteiger charge is -2.12. The van der Waals surface area contributed by atoms with E-state index in [0.717, 1.165) is 10.5 Å². The van der Waals surface area contributed by atoms with Gasteiger partial charge in [-0.3, -0.25) is 9.59 Å². The Balaban J connectivity index is 1.79. The van der Waals surface area contributed by atoms with Gasteiger partial charge >= 0.3 is 0 Å². The minimum Gasteiger partial charge on any atom is -0.274 e. The smallest absolute Gasteiger partial charge is 0.240 e. The number of rotatable bonds is 3. The van der Waals surface area contributed by atoms with E-state index in [2.05, 4.69) is 9.97 Å². The first-order valence-corrected chi connectivity index (χ1v) is 6.84. The molecule has 1 atom stereocenters. The van der Waals surface area contributed by atoms with Gasteiger partial charge in [-0.1, -0.05) is 29.8 Å². The standard InChI is InChI=1S/C16H15N3O2/c1-11-3-5-12(6-4-11)9-13-10-14(20)19(15(13)21)16-17-7-2-8-18-16/h2-8,13H,9-10H2,1H3/t13-/m0/s1. The summed E-state index contributed by atoms with van der Waals surface area (Å²) in [7, 11) is 0. The summed E-state index contributed by atoms with van der Waals surface area (Å²) in [4.78, 5) is 33.5. The predicted molar refractivity (Wildman–Crippen MR) is 77.5 cm³/mol. The van der Waals surface area contributed by atoms with E-state index < -0.39 is 0 Å². The van der Waals surface area contributed by atoms with E-state index >= 15 is 0 Å². The van der Waals surface area contributed by atoms with Crippen LogP contribution in [0.25, 0.3) is 0 Å². The average Bonchev–Trinajstić information content (AvgIpc) is 2.77. The average molecular weight is 281 g/mol. The summed E-state index contributed by atoms with van der Waals surface area (Å²) in [6.07, 6.45) is 3.82. The molecule has 1 aromatic heterocycles. The largest absolute Gasteiger partial charge is 0.274 e. The van der Waals surface area contributed by atoms with Crippen LogP contribution in [0.2, 0.25) is 0 Å². The lowest BCUT2D eigenvalue weighted by molar-refractivity contribution is -0.122. The third-order valence-corrected chi connectivity index (χ3v) is 3.59. The highest BCUT2D eigenvalue weighted by Crippen LogP contribution is 2.26. The number of carbonyl (C=O) groups excluding carboxylic acids is 2. The maximum atomic E-state index is 12.4. The van der Waals surface area contributed by atoms with Gasteiger partial charge in [-0.25, -0.2) is 14.9 Å². The number of amides is 2. The molecule has 0 bridgehead atoms. The Morgan fingerprint density at radius 3 is 2.48 bits per heavy atom. The number of hydrogen-bond acceptors (Lipinski definition) is 4. The molecule has 1 fully saturated rings. The summed E-state index contributed by atoms with van der Waals surface area (Å²) in [5, 5.41) is 0. The molecule has 0 N–H and O–H groups in total. The Bertz CT molecular complexity index is 668. The monoisotopic (exact) mass is 281 g/mol. The van der Waals surface area contributed by atoms with Gasteiger partial charge in [0.2, 0.25) is 17.8 Å². The maximum Gasteiger partial charge on any atom is 0.240 e. The first-order valence-electron chi connectivity index (χ1n) is 6.84. The first-order chi connectivity index (χ1) is 10.1. The lowest BCUT2D eigenvalue weighted by atomic mass is 9.97. The summed E-state index contributed by atoms with van der Waals surface area (Å²) in [5.74, 6) is -0.613. The zero-order valence-corrected chi connectivity index (χ0v) is 11.7. The predicted octanol–water partition coefficient (Wildman–Crippen LogP) is 1.91. The molecule has 0 saturated carbocycles. The summed E-state index contributed by atoms with van der Waals surface area (Å²) in [6, 6.07) is 9.66. The van der Waals surface area contributed by atoms with Crippen LogP contribution in [0.5, 0.6) is 0 Å². The van der Waals surface area contributed by atoms with Gasteiger partial charge in [0.1, 0.15) is 0 Å². The van der Waals surface area contributed by atoms with Gasteiger partial charge in [0.15, 0.2) is 0 Å². The van der Waals surface area contributed by atoms with Gasteiger partial charge in [0, 0.05) is 18.8 Å². The molecule has 106 valence electrons. The molecule has 2 heterocycles. The fraction of sp³-hybridized carbons (Fsp3) is 0.250. The first kappa shape index (κ1) is 13.4. The van der Waals surface area contributed by atoms with Crippen molar-refractivity contribution >= 4 is 17.8 Å². The van der Waals surface area contributed by atoms with Crippen LogP contribution in [0.4, 0.5) is 5.95 Å². The number of anilines is 1. The molecular weight excluding hydrogens is 266 g/mol. The highest BCUT2D eigenvalue weighted by atomic mass is 16.2. The number of carbonyl (C=O) groups is 2. The van der Waals surface area contributed by atoms with Crippen molar-refractivity contribution in [1.82, 2.24) is 9.97 Å². The molecule has 1 aromatic carbocycles. The van der Waals surface area contributed by atoms with Crippen LogP contribution >= 0.6 is 0 Å². The van der Waals surface area contributed by atoms with Gasteiger partial charge in [0.25, 0.3) is 0 Å². The molecular formula is C16H15N3O2. The van der Waals surface area contributed by atoms with Gasteiger partial charge in [-0.15, -0.1) is 0 Å². The SMILES string of the molecule is Cc1ccc(C[C@H]2CC(=O)N(c3ncccn3)C2=O)cc1. The van der Waals surface area contributed by atoms with Crippen molar-refractivity contribution in [3.63, 3.8) is 0 Å². The number of nitrogens with zero attached hydrogens (tertiary/aromatic N) is 3. The zero-order chi connectivity index (χ0) is 14.8. The number of hydrogen-bond donors (Lipinski definition) is 0. The number of aromatic nitrogens is 2. The van der Waals surface area contributed by atoms with Crippen molar-refractivity contribution in [3.05, 3.63) is 53.9 Å². The van der Waals surface area contributed by atoms with E-state index in [1.165, 1.54) is 18.0 Å². The zero-order valence-electron chi connectivity index (χ0n) is 11.7. The third kappa shape index (κ3) is 2.67. The fourth-order valence-electron chi connectivity index (χ4n) is 2.48. The molecule has 1 saturated heterocycles. The second-order valence-corrected chi connectivity index (χ2v) is 5.21. The molecule has 2 aromatic rings. The molecule has 21 heavy (non-hydrogen) atoms. The summed E-state index contributed by atoms with van der Waals surface area (Å²) in [6.45, 7) is 2.02.